The van der Waals surface area contributed by atoms with Crippen molar-refractivity contribution in [2.24, 2.45) is 0 Å². The Hall–Kier alpha value is -3.93. The molecule has 0 saturated heterocycles. The summed E-state index contributed by atoms with van der Waals surface area (Å²) in [6, 6.07) is 22.4. The second-order valence-corrected chi connectivity index (χ2v) is 6.20. The quantitative estimate of drug-likeness (QED) is 0.411. The van der Waals surface area contributed by atoms with Crippen molar-refractivity contribution in [1.82, 2.24) is 9.97 Å². The van der Waals surface area contributed by atoms with Gasteiger partial charge in [-0.3, -0.25) is 9.78 Å². The van der Waals surface area contributed by atoms with Gasteiger partial charge in [-0.15, -0.1) is 0 Å². The highest BCUT2D eigenvalue weighted by Crippen LogP contribution is 2.27. The van der Waals surface area contributed by atoms with Crippen LogP contribution in [0.3, 0.4) is 0 Å². The van der Waals surface area contributed by atoms with Crippen molar-refractivity contribution in [2.75, 3.05) is 0 Å². The molecule has 6 nitrogen and oxygen atoms in total. The third kappa shape index (κ3) is 4.68. The number of carbonyl (C=O) groups excluding carboxylic acids is 1. The maximum Gasteiger partial charge on any atom is 0.243 e. The van der Waals surface area contributed by atoms with E-state index in [-0.39, 0.29) is 5.89 Å². The maximum absolute atomic E-state index is 11.6. The van der Waals surface area contributed by atoms with Crippen molar-refractivity contribution in [2.45, 2.75) is 12.7 Å². The first kappa shape index (κ1) is 18.4. The van der Waals surface area contributed by atoms with E-state index in [1.54, 1.807) is 30.5 Å². The average Bonchev–Trinajstić information content (AvgIpc) is 3.28. The standard InChI is InChI=1S/C23H18N2O4/c26-15-22(23-25-14-21(29-23)20-11-4-5-12-24-20)28-19-10-6-9-18(13-19)27-16-17-7-2-1-3-8-17/h1-15,22H,16H2. The lowest BCUT2D eigenvalue weighted by atomic mass is 10.2. The van der Waals surface area contributed by atoms with Crippen LogP contribution in [0.5, 0.6) is 11.5 Å². The van der Waals surface area contributed by atoms with E-state index in [2.05, 4.69) is 9.97 Å². The number of ether oxygens (including phenoxy) is 2. The Morgan fingerprint density at radius 2 is 1.76 bits per heavy atom. The molecule has 0 N–H and O–H groups in total. The molecule has 0 saturated carbocycles. The van der Waals surface area contributed by atoms with Crippen LogP contribution in [0.4, 0.5) is 0 Å². The number of oxazole rings is 1. The van der Waals surface area contributed by atoms with E-state index in [1.165, 1.54) is 6.20 Å². The fourth-order valence-corrected chi connectivity index (χ4v) is 2.71. The number of pyridine rings is 1. The van der Waals surface area contributed by atoms with Gasteiger partial charge in [0.2, 0.25) is 12.0 Å². The molecule has 144 valence electrons. The number of benzene rings is 2. The highest BCUT2D eigenvalue weighted by Gasteiger charge is 2.20. The summed E-state index contributed by atoms with van der Waals surface area (Å²) in [5.74, 6) is 1.75. The number of hydrogen-bond acceptors (Lipinski definition) is 6. The number of aldehydes is 1. The normalized spacial score (nSPS) is 11.6. The van der Waals surface area contributed by atoms with Crippen molar-refractivity contribution < 1.29 is 18.7 Å². The molecule has 4 aromatic rings. The average molecular weight is 386 g/mol. The van der Waals surface area contributed by atoms with Crippen LogP contribution in [0.15, 0.2) is 89.6 Å². The van der Waals surface area contributed by atoms with Crippen molar-refractivity contribution in [3.8, 4) is 23.0 Å². The lowest BCUT2D eigenvalue weighted by Gasteiger charge is -2.12. The molecule has 6 heteroatoms. The van der Waals surface area contributed by atoms with Gasteiger partial charge in [-0.05, 0) is 29.8 Å². The van der Waals surface area contributed by atoms with Crippen LogP contribution in [0.25, 0.3) is 11.5 Å². The topological polar surface area (TPSA) is 74.5 Å². The lowest BCUT2D eigenvalue weighted by molar-refractivity contribution is -0.114. The fraction of sp³-hybridized carbons (Fsp3) is 0.0870. The molecule has 1 unspecified atom stereocenters. The first-order valence-corrected chi connectivity index (χ1v) is 9.08. The number of rotatable bonds is 8. The van der Waals surface area contributed by atoms with Gasteiger partial charge in [0.15, 0.2) is 12.0 Å². The van der Waals surface area contributed by atoms with E-state index in [0.717, 1.165) is 5.56 Å². The van der Waals surface area contributed by atoms with Crippen molar-refractivity contribution >= 4 is 6.29 Å². The third-order valence-electron chi connectivity index (χ3n) is 4.12. The van der Waals surface area contributed by atoms with E-state index in [0.29, 0.717) is 35.8 Å². The Labute approximate surface area is 167 Å². The van der Waals surface area contributed by atoms with Gasteiger partial charge in [0.05, 0.1) is 6.20 Å². The second kappa shape index (κ2) is 8.84. The summed E-state index contributed by atoms with van der Waals surface area (Å²) in [5, 5.41) is 0. The smallest absolute Gasteiger partial charge is 0.243 e. The minimum atomic E-state index is -0.975. The van der Waals surface area contributed by atoms with Gasteiger partial charge >= 0.3 is 0 Å². The molecule has 0 radical (unpaired) electrons. The molecular formula is C23H18N2O4. The molecule has 1 atom stereocenters. The summed E-state index contributed by atoms with van der Waals surface area (Å²) in [6.07, 6.45) is 2.85. The number of nitrogens with zero attached hydrogens (tertiary/aromatic N) is 2. The summed E-state index contributed by atoms with van der Waals surface area (Å²) in [6.45, 7) is 0.439. The largest absolute Gasteiger partial charge is 0.489 e. The third-order valence-corrected chi connectivity index (χ3v) is 4.12. The minimum absolute atomic E-state index is 0.163. The van der Waals surface area contributed by atoms with E-state index >= 15 is 0 Å². The van der Waals surface area contributed by atoms with Crippen LogP contribution >= 0.6 is 0 Å². The maximum atomic E-state index is 11.6. The number of carbonyl (C=O) groups is 1. The molecule has 0 aliphatic heterocycles. The van der Waals surface area contributed by atoms with Gasteiger partial charge in [0, 0.05) is 12.3 Å². The molecule has 0 amide bonds. The zero-order valence-electron chi connectivity index (χ0n) is 15.5. The molecule has 29 heavy (non-hydrogen) atoms. The molecule has 0 fully saturated rings. The molecule has 2 aromatic carbocycles. The molecular weight excluding hydrogens is 368 g/mol. The van der Waals surface area contributed by atoms with E-state index < -0.39 is 6.10 Å². The highest BCUT2D eigenvalue weighted by molar-refractivity contribution is 5.59. The Morgan fingerprint density at radius 3 is 2.55 bits per heavy atom. The van der Waals surface area contributed by atoms with Crippen molar-refractivity contribution in [3.05, 3.63) is 96.6 Å². The number of aromatic nitrogens is 2. The Balaban J connectivity index is 1.45. The van der Waals surface area contributed by atoms with Crippen LogP contribution in [0, 0.1) is 0 Å². The molecule has 0 aliphatic rings. The predicted octanol–water partition coefficient (Wildman–Crippen LogP) is 4.63. The van der Waals surface area contributed by atoms with Crippen molar-refractivity contribution in [3.63, 3.8) is 0 Å². The summed E-state index contributed by atoms with van der Waals surface area (Å²) in [7, 11) is 0. The summed E-state index contributed by atoms with van der Waals surface area (Å²) >= 11 is 0. The van der Waals surface area contributed by atoms with Gasteiger partial charge < -0.3 is 13.9 Å². The van der Waals surface area contributed by atoms with Crippen LogP contribution < -0.4 is 9.47 Å². The molecule has 2 heterocycles. The van der Waals surface area contributed by atoms with Crippen LogP contribution in [-0.4, -0.2) is 16.3 Å². The van der Waals surface area contributed by atoms with Gasteiger partial charge in [-0.2, -0.15) is 0 Å². The van der Waals surface area contributed by atoms with Crippen LogP contribution in [0.2, 0.25) is 0 Å². The summed E-state index contributed by atoms with van der Waals surface area (Å²) in [4.78, 5) is 20.0. The van der Waals surface area contributed by atoms with Crippen LogP contribution in [-0.2, 0) is 11.4 Å². The monoisotopic (exact) mass is 386 g/mol. The molecule has 4 rings (SSSR count). The SMILES string of the molecule is O=CC(Oc1cccc(OCc2ccccc2)c1)c1ncc(-c2ccccn2)o1. The highest BCUT2D eigenvalue weighted by atomic mass is 16.5. The zero-order chi connectivity index (χ0) is 19.9. The summed E-state index contributed by atoms with van der Waals surface area (Å²) in [5.41, 5.74) is 1.69. The Morgan fingerprint density at radius 1 is 0.931 bits per heavy atom. The molecule has 2 aromatic heterocycles. The van der Waals surface area contributed by atoms with E-state index in [9.17, 15) is 4.79 Å². The van der Waals surface area contributed by atoms with Gasteiger partial charge in [-0.25, -0.2) is 4.98 Å². The molecule has 0 spiro atoms. The van der Waals surface area contributed by atoms with Gasteiger partial charge in [0.25, 0.3) is 0 Å². The van der Waals surface area contributed by atoms with Crippen LogP contribution in [0.1, 0.15) is 17.6 Å². The zero-order valence-corrected chi connectivity index (χ0v) is 15.5. The van der Waals surface area contributed by atoms with E-state index in [4.69, 9.17) is 13.9 Å². The Kier molecular flexibility index (Phi) is 5.62. The first-order chi connectivity index (χ1) is 14.3. The number of hydrogen-bond donors (Lipinski definition) is 0. The van der Waals surface area contributed by atoms with E-state index in [1.807, 2.05) is 48.5 Å². The summed E-state index contributed by atoms with van der Waals surface area (Å²) < 4.78 is 17.2. The first-order valence-electron chi connectivity index (χ1n) is 9.08. The van der Waals surface area contributed by atoms with Gasteiger partial charge in [0.1, 0.15) is 23.8 Å². The Bertz CT molecular complexity index is 1060. The fourth-order valence-electron chi connectivity index (χ4n) is 2.71. The van der Waals surface area contributed by atoms with Gasteiger partial charge in [-0.1, -0.05) is 42.5 Å². The minimum Gasteiger partial charge on any atom is -0.489 e. The molecule has 0 aliphatic carbocycles. The second-order valence-electron chi connectivity index (χ2n) is 6.20. The lowest BCUT2D eigenvalue weighted by Crippen LogP contribution is -2.09. The molecule has 0 bridgehead atoms. The predicted molar refractivity (Wildman–Crippen MR) is 106 cm³/mol. The van der Waals surface area contributed by atoms with Crippen molar-refractivity contribution in [1.29, 1.82) is 0 Å².